The van der Waals surface area contributed by atoms with E-state index in [2.05, 4.69) is 59.0 Å². The molecule has 2 rings (SSSR count). The molecule has 0 atom stereocenters. The number of hydrogen-bond donors (Lipinski definition) is 0. The summed E-state index contributed by atoms with van der Waals surface area (Å²) in [5.74, 6) is 0.532. The molecule has 0 aliphatic carbocycles. The van der Waals surface area contributed by atoms with Crippen molar-refractivity contribution in [2.45, 2.75) is 19.8 Å². The lowest BCUT2D eigenvalue weighted by atomic mass is 10.0. The predicted molar refractivity (Wildman–Crippen MR) is 71.5 cm³/mol. The summed E-state index contributed by atoms with van der Waals surface area (Å²) >= 11 is 3.47. The highest BCUT2D eigenvalue weighted by Crippen LogP contribution is 2.22. The van der Waals surface area contributed by atoms with Crippen LogP contribution in [0.25, 0.3) is 11.3 Å². The van der Waals surface area contributed by atoms with Gasteiger partial charge in [0, 0.05) is 16.2 Å². The van der Waals surface area contributed by atoms with Crippen molar-refractivity contribution in [3.63, 3.8) is 0 Å². The number of pyridine rings is 1. The van der Waals surface area contributed by atoms with Crippen LogP contribution in [0.2, 0.25) is 0 Å². The van der Waals surface area contributed by atoms with Crippen LogP contribution in [0.15, 0.2) is 47.1 Å². The van der Waals surface area contributed by atoms with Gasteiger partial charge in [-0.3, -0.25) is 4.98 Å². The Morgan fingerprint density at radius 3 is 2.50 bits per heavy atom. The van der Waals surface area contributed by atoms with E-state index in [9.17, 15) is 0 Å². The van der Waals surface area contributed by atoms with Gasteiger partial charge in [0.2, 0.25) is 0 Å². The predicted octanol–water partition coefficient (Wildman–Crippen LogP) is 4.63. The highest BCUT2D eigenvalue weighted by molar-refractivity contribution is 9.10. The van der Waals surface area contributed by atoms with Gasteiger partial charge in [-0.25, -0.2) is 0 Å². The van der Waals surface area contributed by atoms with Crippen LogP contribution in [0.1, 0.15) is 25.3 Å². The fourth-order valence-electron chi connectivity index (χ4n) is 1.57. The number of benzene rings is 1. The molecule has 2 heteroatoms. The van der Waals surface area contributed by atoms with Crippen LogP contribution in [0.5, 0.6) is 0 Å². The second kappa shape index (κ2) is 4.79. The SMILES string of the molecule is CC(C)c1ccc(-c2cccc(Br)c2)nc1. The third-order valence-electron chi connectivity index (χ3n) is 2.57. The summed E-state index contributed by atoms with van der Waals surface area (Å²) in [7, 11) is 0. The standard InChI is InChI=1S/C14H14BrN/c1-10(2)12-6-7-14(16-9-12)11-4-3-5-13(15)8-11/h3-10H,1-2H3. The molecule has 0 unspecified atom stereocenters. The molecule has 0 aliphatic heterocycles. The molecule has 0 radical (unpaired) electrons. The Balaban J connectivity index is 2.35. The van der Waals surface area contributed by atoms with E-state index >= 15 is 0 Å². The maximum absolute atomic E-state index is 4.49. The zero-order valence-corrected chi connectivity index (χ0v) is 11.0. The summed E-state index contributed by atoms with van der Waals surface area (Å²) in [6.07, 6.45) is 1.96. The van der Waals surface area contributed by atoms with Crippen molar-refractivity contribution in [2.24, 2.45) is 0 Å². The Morgan fingerprint density at radius 1 is 1.12 bits per heavy atom. The van der Waals surface area contributed by atoms with Gasteiger partial charge >= 0.3 is 0 Å². The topological polar surface area (TPSA) is 12.9 Å². The number of aromatic nitrogens is 1. The summed E-state index contributed by atoms with van der Waals surface area (Å²) in [6.45, 7) is 4.35. The van der Waals surface area contributed by atoms with E-state index in [0.29, 0.717) is 5.92 Å². The molecule has 0 aliphatic rings. The van der Waals surface area contributed by atoms with Crippen LogP contribution in [0.4, 0.5) is 0 Å². The summed E-state index contributed by atoms with van der Waals surface area (Å²) in [6, 6.07) is 12.4. The van der Waals surface area contributed by atoms with E-state index in [4.69, 9.17) is 0 Å². The second-order valence-corrected chi connectivity index (χ2v) is 5.06. The zero-order valence-electron chi connectivity index (χ0n) is 9.44. The van der Waals surface area contributed by atoms with Crippen LogP contribution in [-0.2, 0) is 0 Å². The Morgan fingerprint density at radius 2 is 1.94 bits per heavy atom. The number of nitrogens with zero attached hydrogens (tertiary/aromatic N) is 1. The van der Waals surface area contributed by atoms with E-state index in [0.717, 1.165) is 15.7 Å². The van der Waals surface area contributed by atoms with Crippen molar-refractivity contribution >= 4 is 15.9 Å². The van der Waals surface area contributed by atoms with Gasteiger partial charge < -0.3 is 0 Å². The van der Waals surface area contributed by atoms with E-state index in [1.807, 2.05) is 18.3 Å². The Kier molecular flexibility index (Phi) is 3.39. The van der Waals surface area contributed by atoms with Crippen LogP contribution < -0.4 is 0 Å². The van der Waals surface area contributed by atoms with E-state index < -0.39 is 0 Å². The van der Waals surface area contributed by atoms with Gasteiger partial charge in [0.05, 0.1) is 5.69 Å². The first-order chi connectivity index (χ1) is 7.66. The molecule has 1 aromatic heterocycles. The summed E-state index contributed by atoms with van der Waals surface area (Å²) in [5.41, 5.74) is 3.44. The minimum Gasteiger partial charge on any atom is -0.256 e. The van der Waals surface area contributed by atoms with Gasteiger partial charge in [-0.1, -0.05) is 48.0 Å². The molecule has 0 bridgehead atoms. The number of halogens is 1. The van der Waals surface area contributed by atoms with Crippen molar-refractivity contribution in [3.05, 3.63) is 52.6 Å². The van der Waals surface area contributed by atoms with Gasteiger partial charge in [-0.15, -0.1) is 0 Å². The zero-order chi connectivity index (χ0) is 11.5. The largest absolute Gasteiger partial charge is 0.256 e. The number of rotatable bonds is 2. The Bertz CT molecular complexity index is 474. The average molecular weight is 276 g/mol. The van der Waals surface area contributed by atoms with Crippen LogP contribution in [-0.4, -0.2) is 4.98 Å². The molecule has 2 aromatic rings. The molecule has 0 saturated heterocycles. The third kappa shape index (κ3) is 2.50. The highest BCUT2D eigenvalue weighted by atomic mass is 79.9. The van der Waals surface area contributed by atoms with Crippen molar-refractivity contribution in [1.29, 1.82) is 0 Å². The first-order valence-electron chi connectivity index (χ1n) is 5.38. The molecule has 0 saturated carbocycles. The van der Waals surface area contributed by atoms with Gasteiger partial charge in [-0.05, 0) is 29.7 Å². The summed E-state index contributed by atoms with van der Waals surface area (Å²) < 4.78 is 1.08. The molecule has 16 heavy (non-hydrogen) atoms. The minimum atomic E-state index is 0.532. The third-order valence-corrected chi connectivity index (χ3v) is 3.07. The monoisotopic (exact) mass is 275 g/mol. The van der Waals surface area contributed by atoms with Crippen LogP contribution in [0, 0.1) is 0 Å². The first kappa shape index (κ1) is 11.3. The molecule has 0 spiro atoms. The van der Waals surface area contributed by atoms with Crippen molar-refractivity contribution in [3.8, 4) is 11.3 Å². The molecular weight excluding hydrogens is 262 g/mol. The summed E-state index contributed by atoms with van der Waals surface area (Å²) in [5, 5.41) is 0. The van der Waals surface area contributed by atoms with Gasteiger partial charge in [-0.2, -0.15) is 0 Å². The smallest absolute Gasteiger partial charge is 0.0702 e. The lowest BCUT2D eigenvalue weighted by Crippen LogP contribution is -1.90. The molecule has 1 nitrogen and oxygen atoms in total. The van der Waals surface area contributed by atoms with E-state index in [-0.39, 0.29) is 0 Å². The average Bonchev–Trinajstić information content (AvgIpc) is 2.29. The van der Waals surface area contributed by atoms with E-state index in [1.165, 1.54) is 5.56 Å². The minimum absolute atomic E-state index is 0.532. The van der Waals surface area contributed by atoms with Gasteiger partial charge in [0.25, 0.3) is 0 Å². The Labute approximate surface area is 105 Å². The van der Waals surface area contributed by atoms with Gasteiger partial charge in [0.1, 0.15) is 0 Å². The maximum Gasteiger partial charge on any atom is 0.0702 e. The molecule has 82 valence electrons. The first-order valence-corrected chi connectivity index (χ1v) is 6.18. The quantitative estimate of drug-likeness (QED) is 0.779. The normalized spacial score (nSPS) is 10.8. The van der Waals surface area contributed by atoms with Crippen molar-refractivity contribution < 1.29 is 0 Å². The van der Waals surface area contributed by atoms with E-state index in [1.54, 1.807) is 0 Å². The van der Waals surface area contributed by atoms with Crippen molar-refractivity contribution in [1.82, 2.24) is 4.98 Å². The van der Waals surface area contributed by atoms with Gasteiger partial charge in [0.15, 0.2) is 0 Å². The van der Waals surface area contributed by atoms with Crippen LogP contribution in [0.3, 0.4) is 0 Å². The second-order valence-electron chi connectivity index (χ2n) is 4.14. The maximum atomic E-state index is 4.49. The molecule has 0 N–H and O–H groups in total. The molecule has 0 fully saturated rings. The lowest BCUT2D eigenvalue weighted by molar-refractivity contribution is 0.859. The molecule has 1 aromatic carbocycles. The molecule has 0 amide bonds. The molecular formula is C14H14BrN. The van der Waals surface area contributed by atoms with Crippen molar-refractivity contribution in [2.75, 3.05) is 0 Å². The number of hydrogen-bond acceptors (Lipinski definition) is 1. The summed E-state index contributed by atoms with van der Waals surface area (Å²) in [4.78, 5) is 4.49. The fraction of sp³-hybridized carbons (Fsp3) is 0.214. The highest BCUT2D eigenvalue weighted by Gasteiger charge is 2.02. The fourth-order valence-corrected chi connectivity index (χ4v) is 1.96. The van der Waals surface area contributed by atoms with Crippen LogP contribution >= 0.6 is 15.9 Å². The Hall–Kier alpha value is -1.15. The lowest BCUT2D eigenvalue weighted by Gasteiger charge is -2.06. The molecule has 1 heterocycles.